The molecule has 0 fully saturated rings. The first kappa shape index (κ1) is 21.2. The van der Waals surface area contributed by atoms with Crippen LogP contribution in [-0.4, -0.2) is 0 Å². The molecule has 0 saturated heterocycles. The molecule has 0 heterocycles. The van der Waals surface area contributed by atoms with Gasteiger partial charge in [-0.15, -0.1) is 0 Å². The maximum atomic E-state index is 2.53. The summed E-state index contributed by atoms with van der Waals surface area (Å²) in [6, 6.07) is 0. The van der Waals surface area contributed by atoms with Crippen LogP contribution in [-0.2, 0) is 21.8 Å². The molecule has 0 radical (unpaired) electrons. The van der Waals surface area contributed by atoms with Crippen LogP contribution in [0, 0.1) is 0 Å². The molecule has 0 aromatic heterocycles. The Kier molecular flexibility index (Phi) is 13.9. The summed E-state index contributed by atoms with van der Waals surface area (Å²) in [5.74, 6) is 0. The third-order valence-electron chi connectivity index (χ3n) is 3.65. The van der Waals surface area contributed by atoms with E-state index < -0.39 is 21.8 Å². The summed E-state index contributed by atoms with van der Waals surface area (Å²) in [6.07, 6.45) is 14.0. The molecular formula is C15H27Cl2Zr. The number of halogens is 2. The Labute approximate surface area is 134 Å². The zero-order chi connectivity index (χ0) is 12.0. The summed E-state index contributed by atoms with van der Waals surface area (Å²) >= 11 is -1.35. The largest absolute Gasteiger partial charge is 1.00 e. The maximum absolute atomic E-state index is 2.53. The minimum absolute atomic E-state index is 0. The average Bonchev–Trinajstić information content (AvgIpc) is 2.72. The monoisotopic (exact) mass is 367 g/mol. The zero-order valence-electron chi connectivity index (χ0n) is 12.2. The first-order chi connectivity index (χ1) is 7.70. The van der Waals surface area contributed by atoms with Gasteiger partial charge in [0.15, 0.2) is 0 Å². The van der Waals surface area contributed by atoms with E-state index in [1.807, 2.05) is 3.28 Å². The maximum Gasteiger partial charge on any atom is -1.00 e. The predicted molar refractivity (Wildman–Crippen MR) is 70.5 cm³/mol. The molecule has 2 atom stereocenters. The van der Waals surface area contributed by atoms with Crippen LogP contribution in [0.5, 0.6) is 0 Å². The van der Waals surface area contributed by atoms with Crippen LogP contribution >= 0.6 is 0 Å². The van der Waals surface area contributed by atoms with Gasteiger partial charge in [-0.2, -0.15) is 0 Å². The molecule has 2 unspecified atom stereocenters. The van der Waals surface area contributed by atoms with Crippen molar-refractivity contribution < 1.29 is 46.6 Å². The smallest absolute Gasteiger partial charge is 1.00 e. The summed E-state index contributed by atoms with van der Waals surface area (Å²) in [5, 5.41) is 0. The Bertz CT molecular complexity index is 249. The van der Waals surface area contributed by atoms with Gasteiger partial charge in [-0.05, 0) is 0 Å². The molecule has 0 N–H and O–H groups in total. The molecule has 0 nitrogen and oxygen atoms in total. The van der Waals surface area contributed by atoms with Crippen molar-refractivity contribution in [3.8, 4) is 0 Å². The van der Waals surface area contributed by atoms with Gasteiger partial charge in [-0.25, -0.2) is 0 Å². The molecule has 0 amide bonds. The molecule has 0 spiro atoms. The van der Waals surface area contributed by atoms with Crippen LogP contribution in [0.4, 0.5) is 0 Å². The third kappa shape index (κ3) is 6.40. The van der Waals surface area contributed by atoms with E-state index in [2.05, 4.69) is 45.9 Å². The Morgan fingerprint density at radius 1 is 1.06 bits per heavy atom. The Balaban J connectivity index is 0. The molecule has 0 aromatic carbocycles. The second-order valence-electron chi connectivity index (χ2n) is 5.16. The normalized spacial score (nSPS) is 16.3. The van der Waals surface area contributed by atoms with E-state index in [-0.39, 0.29) is 24.8 Å². The molecule has 1 aliphatic rings. The molecule has 0 saturated carbocycles. The first-order valence-electron chi connectivity index (χ1n) is 6.93. The fourth-order valence-corrected chi connectivity index (χ4v) is 13.0. The van der Waals surface area contributed by atoms with Crippen LogP contribution in [0.15, 0.2) is 21.5 Å². The molecule has 3 heteroatoms. The van der Waals surface area contributed by atoms with E-state index in [0.29, 0.717) is 0 Å². The predicted octanol–water partition coefficient (Wildman–Crippen LogP) is -0.327. The fraction of sp³-hybridized carbons (Fsp3) is 0.733. The van der Waals surface area contributed by atoms with Crippen molar-refractivity contribution in [2.24, 2.45) is 0 Å². The summed E-state index contributed by atoms with van der Waals surface area (Å²) < 4.78 is 3.96. The van der Waals surface area contributed by atoms with Gasteiger partial charge in [0, 0.05) is 0 Å². The molecule has 18 heavy (non-hydrogen) atoms. The van der Waals surface area contributed by atoms with Gasteiger partial charge in [0.05, 0.1) is 0 Å². The van der Waals surface area contributed by atoms with Crippen LogP contribution in [0.3, 0.4) is 0 Å². The van der Waals surface area contributed by atoms with Gasteiger partial charge >= 0.3 is 110 Å². The summed E-state index contributed by atoms with van der Waals surface area (Å²) in [6.45, 7) is 9.74. The number of rotatable bonds is 7. The van der Waals surface area contributed by atoms with Crippen molar-refractivity contribution in [1.82, 2.24) is 0 Å². The average molecular weight is 370 g/mol. The summed E-state index contributed by atoms with van der Waals surface area (Å²) in [5.41, 5.74) is 0. The van der Waals surface area contributed by atoms with Crippen LogP contribution < -0.4 is 24.8 Å². The molecule has 0 bridgehead atoms. The Hall–Kier alpha value is 0.943. The summed E-state index contributed by atoms with van der Waals surface area (Å²) in [7, 11) is 0. The zero-order valence-corrected chi connectivity index (χ0v) is 16.1. The number of hydrogen-bond acceptors (Lipinski definition) is 0. The quantitative estimate of drug-likeness (QED) is 0.577. The van der Waals surface area contributed by atoms with Gasteiger partial charge < -0.3 is 24.8 Å². The van der Waals surface area contributed by atoms with E-state index in [9.17, 15) is 0 Å². The van der Waals surface area contributed by atoms with Gasteiger partial charge in [-0.1, -0.05) is 0 Å². The van der Waals surface area contributed by atoms with E-state index in [4.69, 9.17) is 0 Å². The van der Waals surface area contributed by atoms with Crippen LogP contribution in [0.25, 0.3) is 0 Å². The van der Waals surface area contributed by atoms with Crippen molar-refractivity contribution in [2.45, 2.75) is 67.1 Å². The molecule has 0 aromatic rings. The molecule has 1 aliphatic carbocycles. The van der Waals surface area contributed by atoms with Gasteiger partial charge in [-0.3, -0.25) is 0 Å². The molecular weight excluding hydrogens is 342 g/mol. The van der Waals surface area contributed by atoms with Crippen molar-refractivity contribution in [1.29, 1.82) is 0 Å². The van der Waals surface area contributed by atoms with Crippen molar-refractivity contribution in [3.63, 3.8) is 0 Å². The Morgan fingerprint density at radius 2 is 1.56 bits per heavy atom. The molecule has 0 aliphatic heterocycles. The topological polar surface area (TPSA) is 0 Å². The second-order valence-corrected chi connectivity index (χ2v) is 13.8. The van der Waals surface area contributed by atoms with E-state index >= 15 is 0 Å². The SMILES string of the molecule is CCC[CH](C)[Zr+2]([C]1=CC=CC1)[CH](C)CCC.[Cl-].[Cl-]. The van der Waals surface area contributed by atoms with E-state index in [1.54, 1.807) is 0 Å². The number of hydrogen-bond donors (Lipinski definition) is 0. The molecule has 105 valence electrons. The Morgan fingerprint density at radius 3 is 1.89 bits per heavy atom. The van der Waals surface area contributed by atoms with Gasteiger partial charge in [0.25, 0.3) is 0 Å². The number of allylic oxidation sites excluding steroid dienone is 4. The standard InChI is InChI=1S/C5H5.2C5H11.2ClH.Zr/c1-2-4-5-3-1;2*1-3-5-4-2;;;/h1-3H,4H2;2*3H,4-5H2,1-2H3;2*1H;/q;;;;;+2/p-2. The van der Waals surface area contributed by atoms with Crippen molar-refractivity contribution in [3.05, 3.63) is 21.5 Å². The van der Waals surface area contributed by atoms with Crippen LogP contribution in [0.1, 0.15) is 59.8 Å². The van der Waals surface area contributed by atoms with Crippen LogP contribution in [0.2, 0.25) is 7.25 Å². The minimum atomic E-state index is -1.35. The second kappa shape index (κ2) is 11.7. The molecule has 1 rings (SSSR count). The van der Waals surface area contributed by atoms with E-state index in [1.165, 1.54) is 32.1 Å². The van der Waals surface area contributed by atoms with E-state index in [0.717, 1.165) is 7.25 Å². The summed E-state index contributed by atoms with van der Waals surface area (Å²) in [4.78, 5) is 0. The first-order valence-corrected chi connectivity index (χ1v) is 11.0. The minimum Gasteiger partial charge on any atom is -1.00 e. The van der Waals surface area contributed by atoms with Gasteiger partial charge in [0.1, 0.15) is 0 Å². The van der Waals surface area contributed by atoms with Gasteiger partial charge in [0.2, 0.25) is 0 Å². The fourth-order valence-electron chi connectivity index (χ4n) is 2.96. The third-order valence-corrected chi connectivity index (χ3v) is 13.0. The van der Waals surface area contributed by atoms with Crippen molar-refractivity contribution >= 4 is 0 Å². The van der Waals surface area contributed by atoms with Crippen molar-refractivity contribution in [2.75, 3.05) is 0 Å².